The van der Waals surface area contributed by atoms with Gasteiger partial charge in [-0.25, -0.2) is 4.79 Å². The lowest BCUT2D eigenvalue weighted by atomic mass is 9.93. The van der Waals surface area contributed by atoms with Gasteiger partial charge in [-0.3, -0.25) is 4.79 Å². The van der Waals surface area contributed by atoms with E-state index in [-0.39, 0.29) is 12.4 Å². The van der Waals surface area contributed by atoms with Gasteiger partial charge in [0.1, 0.15) is 11.5 Å². The maximum atomic E-state index is 12.0. The summed E-state index contributed by atoms with van der Waals surface area (Å²) < 4.78 is 15.5. The molecule has 0 aromatic heterocycles. The Morgan fingerprint density at radius 3 is 1.81 bits per heavy atom. The van der Waals surface area contributed by atoms with E-state index in [0.29, 0.717) is 5.75 Å². The third kappa shape index (κ3) is 6.78. The first kappa shape index (κ1) is 33.2. The minimum atomic E-state index is -0.925. The van der Waals surface area contributed by atoms with E-state index in [1.165, 1.54) is 39.2 Å². The van der Waals surface area contributed by atoms with Gasteiger partial charge in [0, 0.05) is 16.8 Å². The maximum Gasteiger partial charge on any atom is 0.514 e. The number of carbonyl (C=O) groups is 2. The number of Topliss-reactive ketones (excluding diaryl/α,β-unsaturated/α-hetero) is 1. The Morgan fingerprint density at radius 1 is 0.585 bits per heavy atom. The molecular formula is C47H35NO5. The van der Waals surface area contributed by atoms with E-state index in [9.17, 15) is 9.59 Å². The number of hydrogen-bond donors (Lipinski definition) is 0. The van der Waals surface area contributed by atoms with Gasteiger partial charge in [-0.1, -0.05) is 103 Å². The molecule has 0 unspecified atom stereocenters. The second-order valence-electron chi connectivity index (χ2n) is 12.9. The van der Waals surface area contributed by atoms with Gasteiger partial charge < -0.3 is 19.1 Å². The van der Waals surface area contributed by atoms with E-state index in [1.807, 2.05) is 42.5 Å². The Balaban J connectivity index is 1.18. The summed E-state index contributed by atoms with van der Waals surface area (Å²) in [7, 11) is 1.65. The van der Waals surface area contributed by atoms with Crippen molar-refractivity contribution in [2.24, 2.45) is 0 Å². The van der Waals surface area contributed by atoms with Crippen LogP contribution in [0.3, 0.4) is 0 Å². The summed E-state index contributed by atoms with van der Waals surface area (Å²) in [5, 5.41) is 7.45. The number of para-hydroxylation sites is 1. The second-order valence-corrected chi connectivity index (χ2v) is 12.9. The topological polar surface area (TPSA) is 65.1 Å². The van der Waals surface area contributed by atoms with Gasteiger partial charge in [-0.2, -0.15) is 0 Å². The molecule has 0 atom stereocenters. The zero-order valence-corrected chi connectivity index (χ0v) is 29.3. The highest BCUT2D eigenvalue weighted by Crippen LogP contribution is 2.44. The van der Waals surface area contributed by atoms with Crippen LogP contribution < -0.4 is 14.4 Å². The highest BCUT2D eigenvalue weighted by Gasteiger charge is 2.18. The van der Waals surface area contributed by atoms with Crippen LogP contribution in [0.5, 0.6) is 11.5 Å². The molecule has 8 aromatic carbocycles. The number of methoxy groups -OCH3 is 1. The molecule has 0 amide bonds. The van der Waals surface area contributed by atoms with Crippen molar-refractivity contribution in [3.63, 3.8) is 0 Å². The molecule has 0 heterocycles. The number of rotatable bonds is 10. The summed E-state index contributed by atoms with van der Waals surface area (Å²) in [6, 6.07) is 54.0. The monoisotopic (exact) mass is 693 g/mol. The minimum Gasteiger partial charge on any atom is -0.497 e. The fourth-order valence-electron chi connectivity index (χ4n) is 6.90. The number of hydrogen-bond acceptors (Lipinski definition) is 6. The van der Waals surface area contributed by atoms with Crippen molar-refractivity contribution in [1.82, 2.24) is 0 Å². The average Bonchev–Trinajstić information content (AvgIpc) is 3.20. The van der Waals surface area contributed by atoms with E-state index < -0.39 is 6.16 Å². The fourth-order valence-corrected chi connectivity index (χ4v) is 6.90. The molecule has 0 bridgehead atoms. The summed E-state index contributed by atoms with van der Waals surface area (Å²) in [6.45, 7) is 1.01. The highest BCUT2D eigenvalue weighted by atomic mass is 16.7. The van der Waals surface area contributed by atoms with E-state index in [1.54, 1.807) is 19.2 Å². The van der Waals surface area contributed by atoms with E-state index >= 15 is 0 Å². The lowest BCUT2D eigenvalue weighted by Gasteiger charge is -2.27. The molecule has 0 saturated carbocycles. The standard InChI is InChI=1S/C47H35NO5/c1-31(49)30-52-47(50)53-41-25-17-34(18-26-41)43(33-15-23-40(51-2)24-16-33)29-32-11-21-39(22-12-32)48(38-9-4-3-5-10-38)44-28-20-37-14-13-35-7-6-8-36-19-27-42(44)46(37)45(35)36/h3-29H,30H2,1-2H3. The van der Waals surface area contributed by atoms with Crippen molar-refractivity contribution < 1.29 is 23.8 Å². The molecule has 8 aromatic rings. The number of ketones is 1. The largest absolute Gasteiger partial charge is 0.514 e. The molecule has 0 aliphatic rings. The predicted molar refractivity (Wildman–Crippen MR) is 214 cm³/mol. The smallest absolute Gasteiger partial charge is 0.497 e. The van der Waals surface area contributed by atoms with Crippen LogP contribution in [0.15, 0.2) is 158 Å². The van der Waals surface area contributed by atoms with Crippen LogP contribution >= 0.6 is 0 Å². The number of nitrogens with zero attached hydrogens (tertiary/aromatic N) is 1. The van der Waals surface area contributed by atoms with Crippen molar-refractivity contribution in [3.05, 3.63) is 174 Å². The van der Waals surface area contributed by atoms with Crippen LogP contribution in [0.2, 0.25) is 0 Å². The zero-order valence-electron chi connectivity index (χ0n) is 29.3. The van der Waals surface area contributed by atoms with E-state index in [0.717, 1.165) is 45.1 Å². The minimum absolute atomic E-state index is 0.264. The summed E-state index contributed by atoms with van der Waals surface area (Å²) in [5.74, 6) is 0.811. The number of benzene rings is 8. The quantitative estimate of drug-likeness (QED) is 0.0615. The van der Waals surface area contributed by atoms with Crippen molar-refractivity contribution in [3.8, 4) is 11.5 Å². The molecular weight excluding hydrogens is 659 g/mol. The Hall–Kier alpha value is -6.92. The van der Waals surface area contributed by atoms with E-state index in [4.69, 9.17) is 14.2 Å². The predicted octanol–water partition coefficient (Wildman–Crippen LogP) is 11.8. The molecule has 0 aliphatic heterocycles. The molecule has 53 heavy (non-hydrogen) atoms. The van der Waals surface area contributed by atoms with Gasteiger partial charge in [0.15, 0.2) is 12.4 Å². The summed E-state index contributed by atoms with van der Waals surface area (Å²) in [4.78, 5) is 25.5. The summed E-state index contributed by atoms with van der Waals surface area (Å²) in [6.07, 6.45) is 1.22. The molecule has 0 spiro atoms. The lowest BCUT2D eigenvalue weighted by Crippen LogP contribution is -2.15. The van der Waals surface area contributed by atoms with Crippen LogP contribution in [0.1, 0.15) is 23.6 Å². The van der Waals surface area contributed by atoms with Gasteiger partial charge in [-0.05, 0) is 117 Å². The third-order valence-electron chi connectivity index (χ3n) is 9.38. The summed E-state index contributed by atoms with van der Waals surface area (Å²) >= 11 is 0. The van der Waals surface area contributed by atoms with Crippen LogP contribution in [0.4, 0.5) is 21.9 Å². The molecule has 0 saturated heterocycles. The highest BCUT2D eigenvalue weighted by molar-refractivity contribution is 6.25. The molecule has 6 heteroatoms. The van der Waals surface area contributed by atoms with Crippen molar-refractivity contribution >= 4 is 73.0 Å². The number of anilines is 3. The first-order valence-electron chi connectivity index (χ1n) is 17.4. The van der Waals surface area contributed by atoms with Crippen LogP contribution in [0.25, 0.3) is 44.0 Å². The molecule has 8 rings (SSSR count). The van der Waals surface area contributed by atoms with Gasteiger partial charge in [0.05, 0.1) is 12.8 Å². The first-order valence-corrected chi connectivity index (χ1v) is 17.4. The molecule has 6 nitrogen and oxygen atoms in total. The number of carbonyl (C=O) groups excluding carboxylic acids is 2. The van der Waals surface area contributed by atoms with Crippen LogP contribution in [0, 0.1) is 0 Å². The normalized spacial score (nSPS) is 11.5. The Kier molecular flexibility index (Phi) is 9.01. The molecule has 0 fully saturated rings. The first-order chi connectivity index (χ1) is 25.9. The fraction of sp³-hybridized carbons (Fsp3) is 0.0638. The van der Waals surface area contributed by atoms with Crippen molar-refractivity contribution in [2.45, 2.75) is 6.92 Å². The van der Waals surface area contributed by atoms with Crippen LogP contribution in [-0.2, 0) is 9.53 Å². The average molecular weight is 694 g/mol. The van der Waals surface area contributed by atoms with Crippen molar-refractivity contribution in [2.75, 3.05) is 18.6 Å². The van der Waals surface area contributed by atoms with Gasteiger partial charge in [0.2, 0.25) is 0 Å². The molecule has 0 aliphatic carbocycles. The van der Waals surface area contributed by atoms with Crippen molar-refractivity contribution in [1.29, 1.82) is 0 Å². The molecule has 0 radical (unpaired) electrons. The molecule has 258 valence electrons. The van der Waals surface area contributed by atoms with Gasteiger partial charge in [0.25, 0.3) is 0 Å². The van der Waals surface area contributed by atoms with Gasteiger partial charge >= 0.3 is 6.16 Å². The Morgan fingerprint density at radius 2 is 1.17 bits per heavy atom. The third-order valence-corrected chi connectivity index (χ3v) is 9.38. The SMILES string of the molecule is COc1ccc(C(=Cc2ccc(N(c3ccccc3)c3ccc4ccc5cccc6ccc3c4c56)cc2)c2ccc(OC(=O)OCC(C)=O)cc2)cc1. The number of ether oxygens (including phenoxy) is 3. The lowest BCUT2D eigenvalue weighted by molar-refractivity contribution is -0.120. The zero-order chi connectivity index (χ0) is 36.3. The second kappa shape index (κ2) is 14.4. The Bertz CT molecular complexity index is 2580. The van der Waals surface area contributed by atoms with Crippen LogP contribution in [-0.4, -0.2) is 25.7 Å². The van der Waals surface area contributed by atoms with Gasteiger partial charge in [-0.15, -0.1) is 0 Å². The Labute approximate surface area is 307 Å². The molecule has 0 N–H and O–H groups in total. The maximum absolute atomic E-state index is 12.0. The van der Waals surface area contributed by atoms with E-state index in [2.05, 4.69) is 114 Å². The summed E-state index contributed by atoms with van der Waals surface area (Å²) in [5.41, 5.74) is 7.10.